The fourth-order valence-corrected chi connectivity index (χ4v) is 5.33. The number of nitrogens with one attached hydrogen (secondary N) is 2. The molecule has 1 saturated heterocycles. The van der Waals surface area contributed by atoms with Crippen LogP contribution >= 0.6 is 0 Å². The zero-order chi connectivity index (χ0) is 19.8. The van der Waals surface area contributed by atoms with Crippen LogP contribution in [0.5, 0.6) is 0 Å². The minimum atomic E-state index is -3.22. The normalized spacial score (nSPS) is 23.2. The Morgan fingerprint density at radius 2 is 1.71 bits per heavy atom. The van der Waals surface area contributed by atoms with Crippen molar-refractivity contribution < 1.29 is 13.2 Å². The zero-order valence-electron chi connectivity index (χ0n) is 17.4. The van der Waals surface area contributed by atoms with Gasteiger partial charge in [0.25, 0.3) is 0 Å². The largest absolute Gasteiger partial charge is 0.378 e. The van der Waals surface area contributed by atoms with Crippen LogP contribution in [0.15, 0.2) is 4.99 Å². The highest BCUT2D eigenvalue weighted by atomic mass is 32.2. The first-order valence-electron chi connectivity index (χ1n) is 11.1. The Kier molecular flexibility index (Phi) is 8.41. The van der Waals surface area contributed by atoms with Crippen LogP contribution in [0.25, 0.3) is 0 Å². The SMILES string of the molecule is CN=C(NCCS(=O)(=O)NCC1CCC1)N1CCC(OCC2CCCC2)CC1. The van der Waals surface area contributed by atoms with Gasteiger partial charge in [-0.25, -0.2) is 13.1 Å². The number of piperidine rings is 1. The molecule has 0 aromatic carbocycles. The molecule has 2 aliphatic carbocycles. The van der Waals surface area contributed by atoms with Crippen molar-refractivity contribution in [2.45, 2.75) is 63.9 Å². The van der Waals surface area contributed by atoms with Crippen LogP contribution < -0.4 is 10.0 Å². The summed E-state index contributed by atoms with van der Waals surface area (Å²) >= 11 is 0. The van der Waals surface area contributed by atoms with E-state index in [1.807, 2.05) is 0 Å². The lowest BCUT2D eigenvalue weighted by Crippen LogP contribution is -2.48. The monoisotopic (exact) mass is 414 g/mol. The van der Waals surface area contributed by atoms with Gasteiger partial charge in [-0.05, 0) is 50.4 Å². The lowest BCUT2D eigenvalue weighted by molar-refractivity contribution is 0.00104. The third kappa shape index (κ3) is 6.88. The molecule has 7 nitrogen and oxygen atoms in total. The van der Waals surface area contributed by atoms with Gasteiger partial charge in [-0.15, -0.1) is 0 Å². The first-order chi connectivity index (χ1) is 13.6. The molecular formula is C20H38N4O3S. The molecule has 0 atom stereocenters. The maximum atomic E-state index is 12.1. The molecule has 2 N–H and O–H groups in total. The Bertz CT molecular complexity index is 593. The van der Waals surface area contributed by atoms with E-state index in [9.17, 15) is 8.42 Å². The van der Waals surface area contributed by atoms with Gasteiger partial charge in [-0.1, -0.05) is 19.3 Å². The van der Waals surface area contributed by atoms with Gasteiger partial charge < -0.3 is 15.0 Å². The van der Waals surface area contributed by atoms with Crippen LogP contribution in [0, 0.1) is 11.8 Å². The van der Waals surface area contributed by atoms with E-state index >= 15 is 0 Å². The van der Waals surface area contributed by atoms with Crippen LogP contribution in [0.4, 0.5) is 0 Å². The fraction of sp³-hybridized carbons (Fsp3) is 0.950. The van der Waals surface area contributed by atoms with Gasteiger partial charge >= 0.3 is 0 Å². The maximum Gasteiger partial charge on any atom is 0.213 e. The Hall–Kier alpha value is -0.860. The molecule has 0 amide bonds. The lowest BCUT2D eigenvalue weighted by atomic mass is 9.86. The summed E-state index contributed by atoms with van der Waals surface area (Å²) in [6.07, 6.45) is 11.3. The highest BCUT2D eigenvalue weighted by Crippen LogP contribution is 2.26. The number of rotatable bonds is 9. The quantitative estimate of drug-likeness (QED) is 0.445. The van der Waals surface area contributed by atoms with E-state index in [-0.39, 0.29) is 5.75 Å². The predicted octanol–water partition coefficient (Wildman–Crippen LogP) is 1.95. The fourth-order valence-electron chi connectivity index (χ4n) is 4.33. The van der Waals surface area contributed by atoms with Crippen LogP contribution in [0.2, 0.25) is 0 Å². The molecule has 0 aromatic heterocycles. The average molecular weight is 415 g/mol. The summed E-state index contributed by atoms with van der Waals surface area (Å²) < 4.78 is 33.1. The summed E-state index contributed by atoms with van der Waals surface area (Å²) in [5.74, 6) is 2.18. The van der Waals surface area contributed by atoms with Gasteiger partial charge in [0.05, 0.1) is 11.9 Å². The van der Waals surface area contributed by atoms with Crippen LogP contribution in [0.3, 0.4) is 0 Å². The van der Waals surface area contributed by atoms with Crippen LogP contribution in [0.1, 0.15) is 57.8 Å². The number of ether oxygens (including phenoxy) is 1. The lowest BCUT2D eigenvalue weighted by Gasteiger charge is -2.34. The van der Waals surface area contributed by atoms with E-state index in [1.165, 1.54) is 32.1 Å². The Morgan fingerprint density at radius 3 is 2.32 bits per heavy atom. The molecule has 28 heavy (non-hydrogen) atoms. The summed E-state index contributed by atoms with van der Waals surface area (Å²) in [6.45, 7) is 3.70. The van der Waals surface area contributed by atoms with Gasteiger partial charge in [-0.3, -0.25) is 4.99 Å². The molecule has 3 aliphatic rings. The third-order valence-electron chi connectivity index (χ3n) is 6.47. The van der Waals surface area contributed by atoms with Gasteiger partial charge in [0, 0.05) is 39.8 Å². The first kappa shape index (κ1) is 21.8. The van der Waals surface area contributed by atoms with E-state index < -0.39 is 10.0 Å². The summed E-state index contributed by atoms with van der Waals surface area (Å²) in [7, 11) is -1.46. The van der Waals surface area contributed by atoms with E-state index in [0.29, 0.717) is 25.1 Å². The second-order valence-corrected chi connectivity index (χ2v) is 10.5. The molecule has 8 heteroatoms. The molecule has 2 saturated carbocycles. The molecule has 0 radical (unpaired) electrons. The molecule has 3 rings (SSSR count). The number of nitrogens with zero attached hydrogens (tertiary/aromatic N) is 2. The number of hydrogen-bond donors (Lipinski definition) is 2. The van der Waals surface area contributed by atoms with Crippen molar-refractivity contribution in [2.75, 3.05) is 45.6 Å². The van der Waals surface area contributed by atoms with Crippen LogP contribution in [-0.4, -0.2) is 71.0 Å². The second-order valence-electron chi connectivity index (χ2n) is 8.61. The predicted molar refractivity (Wildman–Crippen MR) is 113 cm³/mol. The van der Waals surface area contributed by atoms with Crippen molar-refractivity contribution in [1.82, 2.24) is 14.9 Å². The molecule has 0 aromatic rings. The topological polar surface area (TPSA) is 83.0 Å². The molecule has 162 valence electrons. The summed E-state index contributed by atoms with van der Waals surface area (Å²) in [5, 5.41) is 3.22. The van der Waals surface area contributed by atoms with E-state index in [1.54, 1.807) is 7.05 Å². The van der Waals surface area contributed by atoms with Gasteiger partial charge in [0.15, 0.2) is 5.96 Å². The molecule has 3 fully saturated rings. The van der Waals surface area contributed by atoms with E-state index in [0.717, 1.165) is 57.3 Å². The van der Waals surface area contributed by atoms with Crippen molar-refractivity contribution in [3.63, 3.8) is 0 Å². The number of likely N-dealkylation sites (tertiary alicyclic amines) is 1. The van der Waals surface area contributed by atoms with E-state index in [2.05, 4.69) is 19.9 Å². The molecule has 0 spiro atoms. The molecule has 0 unspecified atom stereocenters. The maximum absolute atomic E-state index is 12.1. The second kappa shape index (κ2) is 10.8. The Balaban J connectivity index is 1.31. The van der Waals surface area contributed by atoms with Gasteiger partial charge in [0.2, 0.25) is 10.0 Å². The standard InChI is InChI=1S/C20H38N4O3S/c1-21-20(22-11-14-28(25,26)23-15-17-7-4-8-17)24-12-9-19(10-13-24)27-16-18-5-2-3-6-18/h17-19,23H,2-16H2,1H3,(H,21,22). The van der Waals surface area contributed by atoms with Crippen molar-refractivity contribution >= 4 is 16.0 Å². The smallest absolute Gasteiger partial charge is 0.213 e. The molecule has 1 aliphatic heterocycles. The van der Waals surface area contributed by atoms with Crippen LogP contribution in [-0.2, 0) is 14.8 Å². The van der Waals surface area contributed by atoms with Crippen molar-refractivity contribution in [2.24, 2.45) is 16.8 Å². The Labute approximate surface area is 170 Å². The summed E-state index contributed by atoms with van der Waals surface area (Å²) in [4.78, 5) is 6.55. The first-order valence-corrected chi connectivity index (χ1v) is 12.8. The minimum absolute atomic E-state index is 0.0830. The average Bonchev–Trinajstić information content (AvgIpc) is 3.16. The highest BCUT2D eigenvalue weighted by Gasteiger charge is 2.24. The number of hydrogen-bond acceptors (Lipinski definition) is 4. The van der Waals surface area contributed by atoms with Crippen molar-refractivity contribution in [1.29, 1.82) is 0 Å². The molecule has 1 heterocycles. The van der Waals surface area contributed by atoms with Crippen molar-refractivity contribution in [3.8, 4) is 0 Å². The van der Waals surface area contributed by atoms with Gasteiger partial charge in [-0.2, -0.15) is 0 Å². The zero-order valence-corrected chi connectivity index (χ0v) is 18.2. The molecular weight excluding hydrogens is 376 g/mol. The van der Waals surface area contributed by atoms with Gasteiger partial charge in [0.1, 0.15) is 0 Å². The number of sulfonamides is 1. The number of aliphatic imine (C=N–C) groups is 1. The van der Waals surface area contributed by atoms with Crippen molar-refractivity contribution in [3.05, 3.63) is 0 Å². The highest BCUT2D eigenvalue weighted by molar-refractivity contribution is 7.89. The Morgan fingerprint density at radius 1 is 1.04 bits per heavy atom. The summed E-state index contributed by atoms with van der Waals surface area (Å²) in [6, 6.07) is 0. The third-order valence-corrected chi connectivity index (χ3v) is 7.81. The minimum Gasteiger partial charge on any atom is -0.378 e. The van der Waals surface area contributed by atoms with E-state index in [4.69, 9.17) is 4.74 Å². The molecule has 0 bridgehead atoms. The number of guanidine groups is 1. The summed E-state index contributed by atoms with van der Waals surface area (Å²) in [5.41, 5.74) is 0.